The highest BCUT2D eigenvalue weighted by atomic mass is 14.8. The maximum atomic E-state index is 3.11. The summed E-state index contributed by atoms with van der Waals surface area (Å²) in [4.78, 5) is 0. The highest BCUT2D eigenvalue weighted by Crippen LogP contribution is 2.02. The molecule has 1 rings (SSSR count). The average molecular weight is 135 g/mol. The van der Waals surface area contributed by atoms with Crippen molar-refractivity contribution in [3.8, 4) is 0 Å². The first kappa shape index (κ1) is 7.29. The lowest BCUT2D eigenvalue weighted by molar-refractivity contribution is 0.817. The van der Waals surface area contributed by atoms with Crippen LogP contribution < -0.4 is 5.32 Å². The first-order chi connectivity index (χ1) is 4.83. The van der Waals surface area contributed by atoms with E-state index in [1.807, 2.05) is 7.05 Å². The number of hydrogen-bond acceptors (Lipinski definition) is 1. The third-order valence-corrected chi connectivity index (χ3v) is 1.46. The predicted octanol–water partition coefficient (Wildman–Crippen LogP) is 1.71. The van der Waals surface area contributed by atoms with E-state index >= 15 is 0 Å². The Bertz CT molecular complexity index is 206. The van der Waals surface area contributed by atoms with Crippen molar-refractivity contribution < 1.29 is 0 Å². The molecule has 0 atom stereocenters. The van der Waals surface area contributed by atoms with Crippen LogP contribution in [0.2, 0.25) is 0 Å². The third-order valence-electron chi connectivity index (χ3n) is 1.46. The molecule has 0 amide bonds. The fourth-order valence-electron chi connectivity index (χ4n) is 1.03. The normalized spacial score (nSPS) is 9.80. The summed E-state index contributed by atoms with van der Waals surface area (Å²) in [6, 6.07) is 8.52. The molecule has 0 bridgehead atoms. The molecule has 1 aromatic carbocycles. The van der Waals surface area contributed by atoms with E-state index < -0.39 is 0 Å². The van der Waals surface area contributed by atoms with Crippen molar-refractivity contribution in [1.29, 1.82) is 0 Å². The number of nitrogens with one attached hydrogen (secondary N) is 1. The molecular formula is C9H13N. The van der Waals surface area contributed by atoms with Crippen LogP contribution >= 0.6 is 0 Å². The van der Waals surface area contributed by atoms with Gasteiger partial charge in [-0.3, -0.25) is 0 Å². The van der Waals surface area contributed by atoms with Crippen LogP contribution in [0.15, 0.2) is 24.3 Å². The zero-order valence-electron chi connectivity index (χ0n) is 6.52. The summed E-state index contributed by atoms with van der Waals surface area (Å²) in [7, 11) is 1.96. The minimum absolute atomic E-state index is 0.960. The Hall–Kier alpha value is -0.820. The van der Waals surface area contributed by atoms with Gasteiger partial charge < -0.3 is 5.32 Å². The molecule has 0 radical (unpaired) electrons. The van der Waals surface area contributed by atoms with E-state index in [-0.39, 0.29) is 0 Å². The van der Waals surface area contributed by atoms with Crippen LogP contribution in [0.5, 0.6) is 0 Å². The van der Waals surface area contributed by atoms with Crippen molar-refractivity contribution in [2.45, 2.75) is 13.5 Å². The van der Waals surface area contributed by atoms with Crippen LogP contribution in [0.1, 0.15) is 11.1 Å². The number of hydrogen-bond donors (Lipinski definition) is 1. The van der Waals surface area contributed by atoms with Gasteiger partial charge >= 0.3 is 0 Å². The lowest BCUT2D eigenvalue weighted by atomic mass is 10.1. The van der Waals surface area contributed by atoms with Crippen LogP contribution in [-0.4, -0.2) is 7.05 Å². The SMILES string of the molecule is CNCc1cccc(C)c1. The van der Waals surface area contributed by atoms with Gasteiger partial charge in [-0.1, -0.05) is 29.8 Å². The maximum absolute atomic E-state index is 3.11. The number of aryl methyl sites for hydroxylation is 1. The molecular weight excluding hydrogens is 122 g/mol. The number of benzene rings is 1. The van der Waals surface area contributed by atoms with E-state index in [0.717, 1.165) is 6.54 Å². The summed E-state index contributed by atoms with van der Waals surface area (Å²) < 4.78 is 0. The van der Waals surface area contributed by atoms with Crippen molar-refractivity contribution >= 4 is 0 Å². The van der Waals surface area contributed by atoms with Gasteiger partial charge in [0, 0.05) is 6.54 Å². The highest BCUT2D eigenvalue weighted by Gasteiger charge is 1.88. The Morgan fingerprint density at radius 3 is 2.80 bits per heavy atom. The Labute approximate surface area is 62.1 Å². The van der Waals surface area contributed by atoms with E-state index in [4.69, 9.17) is 0 Å². The lowest BCUT2D eigenvalue weighted by Gasteiger charge is -1.99. The van der Waals surface area contributed by atoms with Crippen LogP contribution in [0.25, 0.3) is 0 Å². The van der Waals surface area contributed by atoms with E-state index in [2.05, 4.69) is 36.5 Å². The molecule has 1 N–H and O–H groups in total. The fourth-order valence-corrected chi connectivity index (χ4v) is 1.03. The van der Waals surface area contributed by atoms with Gasteiger partial charge in [-0.25, -0.2) is 0 Å². The zero-order chi connectivity index (χ0) is 7.40. The predicted molar refractivity (Wildman–Crippen MR) is 43.9 cm³/mol. The average Bonchev–Trinajstić information content (AvgIpc) is 1.88. The first-order valence-corrected chi connectivity index (χ1v) is 3.53. The Kier molecular flexibility index (Phi) is 2.46. The molecule has 1 aromatic rings. The van der Waals surface area contributed by atoms with Gasteiger partial charge in [-0.2, -0.15) is 0 Å². The topological polar surface area (TPSA) is 12.0 Å². The first-order valence-electron chi connectivity index (χ1n) is 3.53. The van der Waals surface area contributed by atoms with Crippen molar-refractivity contribution in [1.82, 2.24) is 5.32 Å². The van der Waals surface area contributed by atoms with Gasteiger partial charge in [0.2, 0.25) is 0 Å². The molecule has 0 aliphatic carbocycles. The van der Waals surface area contributed by atoms with Crippen molar-refractivity contribution in [2.75, 3.05) is 7.05 Å². The van der Waals surface area contributed by atoms with Crippen LogP contribution in [0.4, 0.5) is 0 Å². The molecule has 10 heavy (non-hydrogen) atoms. The van der Waals surface area contributed by atoms with Gasteiger partial charge in [0.25, 0.3) is 0 Å². The molecule has 0 saturated carbocycles. The molecule has 1 nitrogen and oxygen atoms in total. The second-order valence-corrected chi connectivity index (χ2v) is 2.52. The maximum Gasteiger partial charge on any atom is 0.0202 e. The molecule has 0 aliphatic rings. The Balaban J connectivity index is 2.75. The van der Waals surface area contributed by atoms with E-state index in [1.54, 1.807) is 0 Å². The summed E-state index contributed by atoms with van der Waals surface area (Å²) in [6.07, 6.45) is 0. The van der Waals surface area contributed by atoms with Crippen molar-refractivity contribution in [2.24, 2.45) is 0 Å². The van der Waals surface area contributed by atoms with Crippen LogP contribution in [0.3, 0.4) is 0 Å². The molecule has 0 fully saturated rings. The summed E-state index contributed by atoms with van der Waals surface area (Å²) in [5, 5.41) is 3.11. The van der Waals surface area contributed by atoms with Gasteiger partial charge in [-0.05, 0) is 19.5 Å². The molecule has 0 aromatic heterocycles. The monoisotopic (exact) mass is 135 g/mol. The molecule has 0 saturated heterocycles. The van der Waals surface area contributed by atoms with Crippen molar-refractivity contribution in [3.63, 3.8) is 0 Å². The van der Waals surface area contributed by atoms with Crippen LogP contribution in [-0.2, 0) is 6.54 Å². The molecule has 0 heterocycles. The minimum atomic E-state index is 0.960. The minimum Gasteiger partial charge on any atom is -0.316 e. The largest absolute Gasteiger partial charge is 0.316 e. The second kappa shape index (κ2) is 3.37. The van der Waals surface area contributed by atoms with Gasteiger partial charge in [0.05, 0.1) is 0 Å². The summed E-state index contributed by atoms with van der Waals surface area (Å²) in [5.41, 5.74) is 2.68. The second-order valence-electron chi connectivity index (χ2n) is 2.52. The fraction of sp³-hybridized carbons (Fsp3) is 0.333. The lowest BCUT2D eigenvalue weighted by Crippen LogP contribution is -2.04. The molecule has 54 valence electrons. The van der Waals surface area contributed by atoms with E-state index in [9.17, 15) is 0 Å². The zero-order valence-corrected chi connectivity index (χ0v) is 6.52. The van der Waals surface area contributed by atoms with Crippen LogP contribution in [0, 0.1) is 6.92 Å². The van der Waals surface area contributed by atoms with Gasteiger partial charge in [0.1, 0.15) is 0 Å². The highest BCUT2D eigenvalue weighted by molar-refractivity contribution is 5.21. The molecule has 0 aliphatic heterocycles. The van der Waals surface area contributed by atoms with Crippen molar-refractivity contribution in [3.05, 3.63) is 35.4 Å². The summed E-state index contributed by atoms with van der Waals surface area (Å²) in [6.45, 7) is 3.07. The third kappa shape index (κ3) is 1.85. The smallest absolute Gasteiger partial charge is 0.0202 e. The number of rotatable bonds is 2. The van der Waals surface area contributed by atoms with E-state index in [1.165, 1.54) is 11.1 Å². The van der Waals surface area contributed by atoms with Gasteiger partial charge in [0.15, 0.2) is 0 Å². The summed E-state index contributed by atoms with van der Waals surface area (Å²) in [5.74, 6) is 0. The quantitative estimate of drug-likeness (QED) is 0.651. The summed E-state index contributed by atoms with van der Waals surface area (Å²) >= 11 is 0. The molecule has 0 spiro atoms. The molecule has 1 heteroatoms. The van der Waals surface area contributed by atoms with Gasteiger partial charge in [-0.15, -0.1) is 0 Å². The Morgan fingerprint density at radius 2 is 2.20 bits per heavy atom. The Morgan fingerprint density at radius 1 is 1.40 bits per heavy atom. The van der Waals surface area contributed by atoms with E-state index in [0.29, 0.717) is 0 Å². The molecule has 0 unspecified atom stereocenters. The standard InChI is InChI=1S/C9H13N/c1-8-4-3-5-9(6-8)7-10-2/h3-6,10H,7H2,1-2H3.